The van der Waals surface area contributed by atoms with Crippen LogP contribution in [0.2, 0.25) is 0 Å². The van der Waals surface area contributed by atoms with Gasteiger partial charge in [0.2, 0.25) is 0 Å². The Kier molecular flexibility index (Phi) is 5.43. The fraction of sp³-hybridized carbons (Fsp3) is 0.200. The summed E-state index contributed by atoms with van der Waals surface area (Å²) >= 11 is 0. The van der Waals surface area contributed by atoms with E-state index in [1.165, 1.54) is 12.1 Å². The first-order chi connectivity index (χ1) is 12.6. The summed E-state index contributed by atoms with van der Waals surface area (Å²) in [6.07, 6.45) is 1.88. The molecule has 134 valence electrons. The molecular weight excluding hydrogens is 333 g/mol. The molecule has 0 aliphatic rings. The number of amides is 1. The second-order valence-electron chi connectivity index (χ2n) is 6.07. The van der Waals surface area contributed by atoms with Gasteiger partial charge < -0.3 is 0 Å². The Bertz CT molecular complexity index is 886. The number of hydrogen-bond acceptors (Lipinski definition) is 3. The van der Waals surface area contributed by atoms with Crippen LogP contribution in [0.4, 0.5) is 4.39 Å². The first-order valence-corrected chi connectivity index (χ1v) is 8.46. The Labute approximate surface area is 151 Å². The van der Waals surface area contributed by atoms with E-state index >= 15 is 0 Å². The van der Waals surface area contributed by atoms with Gasteiger partial charge in [-0.25, -0.2) is 9.87 Å². The van der Waals surface area contributed by atoms with Crippen molar-refractivity contribution in [3.8, 4) is 11.3 Å². The number of nitrogens with zero attached hydrogens (tertiary/aromatic N) is 2. The first kappa shape index (κ1) is 17.8. The summed E-state index contributed by atoms with van der Waals surface area (Å²) < 4.78 is 15.1. The zero-order chi connectivity index (χ0) is 18.5. The summed E-state index contributed by atoms with van der Waals surface area (Å²) in [6, 6.07) is 15.3. The molecule has 1 amide bonds. The molecule has 3 aromatic rings. The molecule has 0 saturated heterocycles. The number of aryl methyl sites for hydroxylation is 1. The maximum Gasteiger partial charge on any atom is 0.274 e. The van der Waals surface area contributed by atoms with Gasteiger partial charge in [-0.15, -0.1) is 0 Å². The maximum atomic E-state index is 13.1. The Morgan fingerprint density at radius 1 is 1.15 bits per heavy atom. The number of aromatic nitrogens is 2. The van der Waals surface area contributed by atoms with E-state index in [2.05, 4.69) is 12.0 Å². The lowest BCUT2D eigenvalue weighted by Crippen LogP contribution is -2.18. The van der Waals surface area contributed by atoms with Crippen LogP contribution < -0.4 is 5.48 Å². The number of rotatable bonds is 6. The molecule has 6 heteroatoms. The highest BCUT2D eigenvalue weighted by Gasteiger charge is 2.11. The lowest BCUT2D eigenvalue weighted by Gasteiger charge is -2.07. The third kappa shape index (κ3) is 3.97. The van der Waals surface area contributed by atoms with E-state index in [0.717, 1.165) is 35.4 Å². The predicted molar refractivity (Wildman–Crippen MR) is 96.4 cm³/mol. The van der Waals surface area contributed by atoms with E-state index in [1.807, 2.05) is 22.9 Å². The Hall–Kier alpha value is -2.99. The zero-order valence-electron chi connectivity index (χ0n) is 14.4. The zero-order valence-corrected chi connectivity index (χ0v) is 14.4. The van der Waals surface area contributed by atoms with Crippen molar-refractivity contribution in [3.05, 3.63) is 77.2 Å². The molecule has 0 fully saturated rings. The van der Waals surface area contributed by atoms with Gasteiger partial charge in [0.25, 0.3) is 5.91 Å². The minimum atomic E-state index is -0.541. The van der Waals surface area contributed by atoms with Crippen LogP contribution >= 0.6 is 0 Å². The molecule has 0 saturated carbocycles. The van der Waals surface area contributed by atoms with Crippen LogP contribution in [0.5, 0.6) is 0 Å². The summed E-state index contributed by atoms with van der Waals surface area (Å²) in [4.78, 5) is 11.4. The summed E-state index contributed by atoms with van der Waals surface area (Å²) in [5.41, 5.74) is 5.78. The number of nitrogens with one attached hydrogen (secondary N) is 1. The molecule has 0 bridgehead atoms. The Balaban J connectivity index is 1.86. The highest BCUT2D eigenvalue weighted by molar-refractivity contribution is 5.93. The fourth-order valence-electron chi connectivity index (χ4n) is 2.81. The average Bonchev–Trinajstić information content (AvgIpc) is 3.05. The van der Waals surface area contributed by atoms with Gasteiger partial charge in [0.15, 0.2) is 0 Å². The van der Waals surface area contributed by atoms with Crippen molar-refractivity contribution in [2.45, 2.75) is 26.3 Å². The third-order valence-electron chi connectivity index (χ3n) is 4.16. The normalized spacial score (nSPS) is 10.7. The Morgan fingerprint density at radius 3 is 2.46 bits per heavy atom. The van der Waals surface area contributed by atoms with Gasteiger partial charge >= 0.3 is 0 Å². The van der Waals surface area contributed by atoms with Gasteiger partial charge in [0.05, 0.1) is 12.2 Å². The number of hydroxylamine groups is 1. The fourth-order valence-corrected chi connectivity index (χ4v) is 2.81. The number of carbonyl (C=O) groups excluding carboxylic acids is 1. The maximum absolute atomic E-state index is 13.1. The lowest BCUT2D eigenvalue weighted by molar-refractivity contribution is 0.0706. The summed E-state index contributed by atoms with van der Waals surface area (Å²) in [6.45, 7) is 2.68. The lowest BCUT2D eigenvalue weighted by atomic mass is 10.1. The number of benzene rings is 2. The Morgan fingerprint density at radius 2 is 1.85 bits per heavy atom. The van der Waals surface area contributed by atoms with Crippen molar-refractivity contribution in [1.82, 2.24) is 15.3 Å². The van der Waals surface area contributed by atoms with Gasteiger partial charge in [0.1, 0.15) is 5.82 Å². The second kappa shape index (κ2) is 7.93. The van der Waals surface area contributed by atoms with E-state index in [4.69, 9.17) is 5.21 Å². The van der Waals surface area contributed by atoms with Gasteiger partial charge in [-0.3, -0.25) is 14.7 Å². The van der Waals surface area contributed by atoms with Crippen LogP contribution in [0.15, 0.2) is 54.6 Å². The van der Waals surface area contributed by atoms with E-state index < -0.39 is 5.91 Å². The van der Waals surface area contributed by atoms with Crippen molar-refractivity contribution in [1.29, 1.82) is 0 Å². The average molecular weight is 353 g/mol. The van der Waals surface area contributed by atoms with Crippen LogP contribution in [-0.2, 0) is 13.0 Å². The largest absolute Gasteiger partial charge is 0.288 e. The van der Waals surface area contributed by atoms with Crippen molar-refractivity contribution in [2.24, 2.45) is 0 Å². The first-order valence-electron chi connectivity index (χ1n) is 8.46. The van der Waals surface area contributed by atoms with Crippen LogP contribution in [0.25, 0.3) is 11.3 Å². The SMILES string of the molecule is CCCc1cc(-c2ccc(F)cc2)nn1Cc1ccc(C(=O)NO)cc1. The quantitative estimate of drug-likeness (QED) is 0.523. The molecular formula is C20H20FN3O2. The smallest absolute Gasteiger partial charge is 0.274 e. The molecule has 2 aromatic carbocycles. The van der Waals surface area contributed by atoms with Gasteiger partial charge in [-0.2, -0.15) is 5.10 Å². The summed E-state index contributed by atoms with van der Waals surface area (Å²) in [7, 11) is 0. The molecule has 0 aliphatic carbocycles. The van der Waals surface area contributed by atoms with E-state index in [1.54, 1.807) is 29.7 Å². The highest BCUT2D eigenvalue weighted by Crippen LogP contribution is 2.21. The molecule has 1 aromatic heterocycles. The van der Waals surface area contributed by atoms with Gasteiger partial charge in [0, 0.05) is 16.8 Å². The molecule has 0 radical (unpaired) electrons. The molecule has 5 nitrogen and oxygen atoms in total. The topological polar surface area (TPSA) is 67.2 Å². The van der Waals surface area contributed by atoms with E-state index in [9.17, 15) is 9.18 Å². The third-order valence-corrected chi connectivity index (χ3v) is 4.16. The molecule has 2 N–H and O–H groups in total. The molecule has 1 heterocycles. The second-order valence-corrected chi connectivity index (χ2v) is 6.07. The van der Waals surface area contributed by atoms with Gasteiger partial charge in [-0.1, -0.05) is 25.5 Å². The van der Waals surface area contributed by atoms with Crippen LogP contribution in [0, 0.1) is 5.82 Å². The monoisotopic (exact) mass is 353 g/mol. The molecule has 0 unspecified atom stereocenters. The summed E-state index contributed by atoms with van der Waals surface area (Å²) in [5.74, 6) is -0.810. The van der Waals surface area contributed by atoms with E-state index in [-0.39, 0.29) is 5.82 Å². The van der Waals surface area contributed by atoms with E-state index in [0.29, 0.717) is 12.1 Å². The molecule has 0 spiro atoms. The number of carbonyl (C=O) groups is 1. The molecule has 0 aliphatic heterocycles. The highest BCUT2D eigenvalue weighted by atomic mass is 19.1. The van der Waals surface area contributed by atoms with Crippen LogP contribution in [-0.4, -0.2) is 20.9 Å². The molecule has 3 rings (SSSR count). The van der Waals surface area contributed by atoms with Gasteiger partial charge in [-0.05, 0) is 54.4 Å². The molecule has 26 heavy (non-hydrogen) atoms. The van der Waals surface area contributed by atoms with Crippen LogP contribution in [0.1, 0.15) is 35.0 Å². The molecule has 0 atom stereocenters. The standard InChI is InChI=1S/C20H20FN3O2/c1-2-3-18-12-19(15-8-10-17(21)11-9-15)22-24(18)13-14-4-6-16(7-5-14)20(25)23-26/h4-12,26H,2-3,13H2,1H3,(H,23,25). The minimum Gasteiger partial charge on any atom is -0.288 e. The van der Waals surface area contributed by atoms with Crippen LogP contribution in [0.3, 0.4) is 0 Å². The number of halogens is 1. The van der Waals surface area contributed by atoms with Crippen molar-refractivity contribution in [2.75, 3.05) is 0 Å². The predicted octanol–water partition coefficient (Wildman–Crippen LogP) is 3.81. The van der Waals surface area contributed by atoms with Crippen molar-refractivity contribution >= 4 is 5.91 Å². The summed E-state index contributed by atoms with van der Waals surface area (Å²) in [5, 5.41) is 13.4. The van der Waals surface area contributed by atoms with Crippen molar-refractivity contribution in [3.63, 3.8) is 0 Å². The minimum absolute atomic E-state index is 0.269. The number of hydrogen-bond donors (Lipinski definition) is 2. The van der Waals surface area contributed by atoms with Crippen molar-refractivity contribution < 1.29 is 14.4 Å².